The molecule has 102 valence electrons. The molecule has 5 nitrogen and oxygen atoms in total. The van der Waals surface area contributed by atoms with Crippen LogP contribution in [0.1, 0.15) is 6.42 Å². The number of thiazole rings is 1. The summed E-state index contributed by atoms with van der Waals surface area (Å²) in [6, 6.07) is 6.20. The van der Waals surface area contributed by atoms with Gasteiger partial charge in [0.25, 0.3) is 0 Å². The highest BCUT2D eigenvalue weighted by Gasteiger charge is 2.15. The second-order valence-electron chi connectivity index (χ2n) is 4.35. The van der Waals surface area contributed by atoms with E-state index in [1.54, 1.807) is 18.4 Å². The van der Waals surface area contributed by atoms with E-state index in [0.29, 0.717) is 20.0 Å². The van der Waals surface area contributed by atoms with E-state index in [1.807, 2.05) is 18.2 Å². The maximum atomic E-state index is 5.37. The molecule has 6 heteroatoms. The first-order valence-electron chi connectivity index (χ1n) is 6.22. The highest BCUT2D eigenvalue weighted by molar-refractivity contribution is 7.22. The first kappa shape index (κ1) is 12.7. The van der Waals surface area contributed by atoms with Crippen LogP contribution >= 0.6 is 11.3 Å². The van der Waals surface area contributed by atoms with Crippen LogP contribution in [0.4, 0.5) is 5.13 Å². The van der Waals surface area contributed by atoms with Gasteiger partial charge < -0.3 is 19.5 Å². The molecule has 1 saturated heterocycles. The van der Waals surface area contributed by atoms with Crippen LogP contribution in [0.15, 0.2) is 18.2 Å². The molecule has 1 aliphatic heterocycles. The number of anilines is 1. The largest absolute Gasteiger partial charge is 0.494 e. The summed E-state index contributed by atoms with van der Waals surface area (Å²) in [7, 11) is 1.66. The summed E-state index contributed by atoms with van der Waals surface area (Å²) in [6.07, 6.45) is 0.924. The van der Waals surface area contributed by atoms with Crippen LogP contribution in [0.3, 0.4) is 0 Å². The van der Waals surface area contributed by atoms with Crippen molar-refractivity contribution in [2.75, 3.05) is 32.4 Å². The van der Waals surface area contributed by atoms with E-state index in [2.05, 4.69) is 10.3 Å². The van der Waals surface area contributed by atoms with Crippen LogP contribution in [0.25, 0.3) is 10.2 Å². The van der Waals surface area contributed by atoms with Crippen LogP contribution < -0.4 is 10.1 Å². The minimum absolute atomic E-state index is 0.244. The molecule has 0 saturated carbocycles. The maximum absolute atomic E-state index is 5.37. The van der Waals surface area contributed by atoms with Gasteiger partial charge in [0, 0.05) is 0 Å². The highest BCUT2D eigenvalue weighted by atomic mass is 32.1. The molecule has 1 atom stereocenters. The van der Waals surface area contributed by atoms with Gasteiger partial charge in [0.2, 0.25) is 0 Å². The first-order chi connectivity index (χ1) is 9.36. The number of hydrogen-bond donors (Lipinski definition) is 1. The van der Waals surface area contributed by atoms with E-state index in [9.17, 15) is 0 Å². The van der Waals surface area contributed by atoms with Crippen molar-refractivity contribution in [3.8, 4) is 5.75 Å². The van der Waals surface area contributed by atoms with Gasteiger partial charge in [0.05, 0.1) is 31.1 Å². The number of fused-ring (bicyclic) bond motifs is 1. The van der Waals surface area contributed by atoms with Crippen molar-refractivity contribution < 1.29 is 14.2 Å². The number of hydrogen-bond acceptors (Lipinski definition) is 6. The molecule has 3 rings (SSSR count). The third-order valence-corrected chi connectivity index (χ3v) is 3.98. The summed E-state index contributed by atoms with van der Waals surface area (Å²) in [5.74, 6) is 0.808. The molecule has 1 aromatic heterocycles. The fourth-order valence-corrected chi connectivity index (χ4v) is 3.02. The van der Waals surface area contributed by atoms with E-state index in [-0.39, 0.29) is 6.04 Å². The van der Waals surface area contributed by atoms with Crippen LogP contribution in [-0.4, -0.2) is 38.1 Å². The van der Waals surface area contributed by atoms with E-state index in [1.165, 1.54) is 0 Å². The predicted octanol–water partition coefficient (Wildman–Crippen LogP) is 2.48. The normalized spacial score (nSPS) is 20.2. The molecular formula is C13H16N2O3S. The van der Waals surface area contributed by atoms with Crippen LogP contribution in [0, 0.1) is 0 Å². The lowest BCUT2D eigenvalue weighted by atomic mass is 10.2. The SMILES string of the molecule is COc1cccc2sc(NC3CCOCOC3)nc12. The average molecular weight is 280 g/mol. The number of nitrogens with one attached hydrogen (secondary N) is 1. The van der Waals surface area contributed by atoms with Crippen molar-refractivity contribution in [2.24, 2.45) is 0 Å². The second kappa shape index (κ2) is 5.73. The van der Waals surface area contributed by atoms with E-state index in [0.717, 1.165) is 27.5 Å². The number of aromatic nitrogens is 1. The third kappa shape index (κ3) is 2.80. The monoisotopic (exact) mass is 280 g/mol. The third-order valence-electron chi connectivity index (χ3n) is 3.03. The Morgan fingerprint density at radius 3 is 3.26 bits per heavy atom. The van der Waals surface area contributed by atoms with Gasteiger partial charge in [-0.1, -0.05) is 17.4 Å². The van der Waals surface area contributed by atoms with Crippen molar-refractivity contribution in [1.82, 2.24) is 4.98 Å². The number of nitrogens with zero attached hydrogens (tertiary/aromatic N) is 1. The molecule has 0 bridgehead atoms. The fraction of sp³-hybridized carbons (Fsp3) is 0.462. The zero-order chi connectivity index (χ0) is 13.1. The molecular weight excluding hydrogens is 264 g/mol. The molecule has 0 aliphatic carbocycles. The standard InChI is InChI=1S/C13H16N2O3S/c1-16-10-3-2-4-11-12(10)15-13(19-11)14-9-5-6-17-8-18-7-9/h2-4,9H,5-8H2,1H3,(H,14,15). The van der Waals surface area contributed by atoms with Gasteiger partial charge in [0.1, 0.15) is 18.1 Å². The number of para-hydroxylation sites is 1. The quantitative estimate of drug-likeness (QED) is 0.936. The minimum Gasteiger partial charge on any atom is -0.494 e. The lowest BCUT2D eigenvalue weighted by Crippen LogP contribution is -2.24. The fourth-order valence-electron chi connectivity index (χ4n) is 2.06. The molecule has 1 aromatic carbocycles. The van der Waals surface area contributed by atoms with Gasteiger partial charge in [0.15, 0.2) is 5.13 Å². The summed E-state index contributed by atoms with van der Waals surface area (Å²) in [6.45, 7) is 1.74. The van der Waals surface area contributed by atoms with Gasteiger partial charge in [-0.2, -0.15) is 0 Å². The summed E-state index contributed by atoms with van der Waals surface area (Å²) in [5, 5.41) is 4.31. The van der Waals surface area contributed by atoms with Crippen molar-refractivity contribution in [3.05, 3.63) is 18.2 Å². The molecule has 0 spiro atoms. The Balaban J connectivity index is 1.81. The van der Waals surface area contributed by atoms with Crippen molar-refractivity contribution in [1.29, 1.82) is 0 Å². The predicted molar refractivity (Wildman–Crippen MR) is 75.0 cm³/mol. The van der Waals surface area contributed by atoms with E-state index in [4.69, 9.17) is 14.2 Å². The summed E-state index contributed by atoms with van der Waals surface area (Å²) in [5.41, 5.74) is 0.906. The van der Waals surface area contributed by atoms with Crippen molar-refractivity contribution in [3.63, 3.8) is 0 Å². The Kier molecular flexibility index (Phi) is 3.82. The molecule has 2 heterocycles. The zero-order valence-electron chi connectivity index (χ0n) is 10.7. The van der Waals surface area contributed by atoms with Gasteiger partial charge in [-0.05, 0) is 18.6 Å². The number of ether oxygens (including phenoxy) is 3. The Morgan fingerprint density at radius 2 is 2.37 bits per heavy atom. The van der Waals surface area contributed by atoms with Gasteiger partial charge in [-0.25, -0.2) is 4.98 Å². The number of rotatable bonds is 3. The molecule has 2 aromatic rings. The summed E-state index contributed by atoms with van der Waals surface area (Å²) < 4.78 is 17.1. The summed E-state index contributed by atoms with van der Waals surface area (Å²) in [4.78, 5) is 4.59. The first-order valence-corrected chi connectivity index (χ1v) is 7.04. The van der Waals surface area contributed by atoms with Gasteiger partial charge in [-0.15, -0.1) is 0 Å². The van der Waals surface area contributed by atoms with Crippen molar-refractivity contribution >= 4 is 26.7 Å². The summed E-state index contributed by atoms with van der Waals surface area (Å²) >= 11 is 1.63. The Bertz CT molecular complexity index is 550. The topological polar surface area (TPSA) is 52.6 Å². The maximum Gasteiger partial charge on any atom is 0.184 e. The molecule has 1 N–H and O–H groups in total. The molecule has 1 unspecified atom stereocenters. The smallest absolute Gasteiger partial charge is 0.184 e. The molecule has 0 amide bonds. The van der Waals surface area contributed by atoms with Gasteiger partial charge >= 0.3 is 0 Å². The Morgan fingerprint density at radius 1 is 1.42 bits per heavy atom. The average Bonchev–Trinajstić information content (AvgIpc) is 2.66. The van der Waals surface area contributed by atoms with Crippen LogP contribution in [-0.2, 0) is 9.47 Å². The molecule has 1 aliphatic rings. The lowest BCUT2D eigenvalue weighted by Gasteiger charge is -2.13. The second-order valence-corrected chi connectivity index (χ2v) is 5.38. The van der Waals surface area contributed by atoms with E-state index < -0.39 is 0 Å². The lowest BCUT2D eigenvalue weighted by molar-refractivity contribution is -0.0324. The van der Waals surface area contributed by atoms with Crippen molar-refractivity contribution in [2.45, 2.75) is 12.5 Å². The Hall–Kier alpha value is -1.37. The zero-order valence-corrected chi connectivity index (χ0v) is 11.5. The highest BCUT2D eigenvalue weighted by Crippen LogP contribution is 2.32. The minimum atomic E-state index is 0.244. The Labute approximate surface area is 115 Å². The molecule has 1 fully saturated rings. The van der Waals surface area contributed by atoms with Gasteiger partial charge in [-0.3, -0.25) is 0 Å². The number of methoxy groups -OCH3 is 1. The molecule has 0 radical (unpaired) electrons. The van der Waals surface area contributed by atoms with Crippen LogP contribution in [0.2, 0.25) is 0 Å². The van der Waals surface area contributed by atoms with Crippen LogP contribution in [0.5, 0.6) is 5.75 Å². The molecule has 19 heavy (non-hydrogen) atoms. The number of benzene rings is 1. The van der Waals surface area contributed by atoms with E-state index >= 15 is 0 Å².